The van der Waals surface area contributed by atoms with Crippen molar-refractivity contribution in [2.45, 2.75) is 32.3 Å². The number of hydrogen-bond donors (Lipinski definition) is 1. The van der Waals surface area contributed by atoms with Crippen molar-refractivity contribution in [1.29, 1.82) is 0 Å². The summed E-state index contributed by atoms with van der Waals surface area (Å²) in [7, 11) is 1.59. The van der Waals surface area contributed by atoms with Gasteiger partial charge >= 0.3 is 0 Å². The molecule has 1 aromatic rings. The quantitative estimate of drug-likeness (QED) is 0.824. The molecule has 0 aliphatic carbocycles. The molecule has 1 unspecified atom stereocenters. The Morgan fingerprint density at radius 2 is 1.80 bits per heavy atom. The summed E-state index contributed by atoms with van der Waals surface area (Å²) in [5, 5.41) is 10.1. The maximum absolute atomic E-state index is 10.1. The van der Waals surface area contributed by atoms with Crippen molar-refractivity contribution in [3.63, 3.8) is 0 Å². The molecule has 0 heterocycles. The summed E-state index contributed by atoms with van der Waals surface area (Å²) in [6.45, 7) is 6.39. The molecule has 0 saturated heterocycles. The van der Waals surface area contributed by atoms with Crippen LogP contribution in [0, 0.1) is 0 Å². The van der Waals surface area contributed by atoms with Gasteiger partial charge in [-0.05, 0) is 24.0 Å². The molecule has 1 aromatic carbocycles. The normalized spacial score (nSPS) is 15.3. The maximum atomic E-state index is 10.1. The van der Waals surface area contributed by atoms with Gasteiger partial charge in [0.25, 0.3) is 0 Å². The van der Waals surface area contributed by atoms with E-state index in [-0.39, 0.29) is 0 Å². The minimum atomic E-state index is -0.899. The predicted octanol–water partition coefficient (Wildman–Crippen LogP) is 2.66. The van der Waals surface area contributed by atoms with Gasteiger partial charge in [-0.2, -0.15) is 0 Å². The second-order valence-electron chi connectivity index (χ2n) is 4.48. The molecule has 1 N–H and O–H groups in total. The predicted molar refractivity (Wildman–Crippen MR) is 62.0 cm³/mol. The van der Waals surface area contributed by atoms with Crippen LogP contribution in [0.1, 0.15) is 37.8 Å². The van der Waals surface area contributed by atoms with Crippen molar-refractivity contribution in [3.8, 4) is 0 Å². The molecule has 0 amide bonds. The number of methoxy groups -OCH3 is 1. The lowest BCUT2D eigenvalue weighted by atomic mass is 9.94. The van der Waals surface area contributed by atoms with Gasteiger partial charge < -0.3 is 9.84 Å². The molecule has 1 rings (SSSR count). The molecule has 2 heteroatoms. The van der Waals surface area contributed by atoms with Crippen LogP contribution in [0.3, 0.4) is 0 Å². The third-order valence-electron chi connectivity index (χ3n) is 2.62. The summed E-state index contributed by atoms with van der Waals surface area (Å²) in [4.78, 5) is 0. The first-order chi connectivity index (χ1) is 6.97. The fourth-order valence-electron chi connectivity index (χ4n) is 1.59. The first kappa shape index (κ1) is 12.2. The van der Waals surface area contributed by atoms with E-state index < -0.39 is 5.60 Å². The number of hydrogen-bond acceptors (Lipinski definition) is 2. The standard InChI is InChI=1S/C13H20O2/c1-10(2)11-5-7-12(8-6-11)13(3,14)9-15-4/h5-8,10,14H,9H2,1-4H3. The number of aliphatic hydroxyl groups is 1. The molecule has 0 bridgehead atoms. The van der Waals surface area contributed by atoms with E-state index in [0.717, 1.165) is 5.56 Å². The van der Waals surface area contributed by atoms with E-state index in [0.29, 0.717) is 12.5 Å². The Hall–Kier alpha value is -0.860. The van der Waals surface area contributed by atoms with Crippen LogP contribution >= 0.6 is 0 Å². The van der Waals surface area contributed by atoms with E-state index in [1.165, 1.54) is 5.56 Å². The van der Waals surface area contributed by atoms with Crippen molar-refractivity contribution in [2.24, 2.45) is 0 Å². The molecule has 2 nitrogen and oxygen atoms in total. The topological polar surface area (TPSA) is 29.5 Å². The second-order valence-corrected chi connectivity index (χ2v) is 4.48. The Morgan fingerprint density at radius 3 is 2.20 bits per heavy atom. The minimum absolute atomic E-state index is 0.314. The highest BCUT2D eigenvalue weighted by Gasteiger charge is 2.22. The number of benzene rings is 1. The molecule has 0 aliphatic heterocycles. The maximum Gasteiger partial charge on any atom is 0.110 e. The van der Waals surface area contributed by atoms with E-state index >= 15 is 0 Å². The van der Waals surface area contributed by atoms with Crippen LogP contribution in [0.25, 0.3) is 0 Å². The third-order valence-corrected chi connectivity index (χ3v) is 2.62. The summed E-state index contributed by atoms with van der Waals surface area (Å²) >= 11 is 0. The highest BCUT2D eigenvalue weighted by Crippen LogP contribution is 2.23. The molecule has 0 aromatic heterocycles. The van der Waals surface area contributed by atoms with Crippen molar-refractivity contribution < 1.29 is 9.84 Å². The lowest BCUT2D eigenvalue weighted by molar-refractivity contribution is -0.0208. The highest BCUT2D eigenvalue weighted by molar-refractivity contribution is 5.28. The lowest BCUT2D eigenvalue weighted by Crippen LogP contribution is -2.27. The van der Waals surface area contributed by atoms with E-state index in [1.54, 1.807) is 14.0 Å². The van der Waals surface area contributed by atoms with E-state index in [4.69, 9.17) is 4.74 Å². The molecule has 15 heavy (non-hydrogen) atoms. The van der Waals surface area contributed by atoms with Gasteiger partial charge in [-0.15, -0.1) is 0 Å². The average Bonchev–Trinajstić information content (AvgIpc) is 2.18. The van der Waals surface area contributed by atoms with Gasteiger partial charge in [0.15, 0.2) is 0 Å². The third kappa shape index (κ3) is 3.05. The van der Waals surface area contributed by atoms with Crippen LogP contribution in [-0.2, 0) is 10.3 Å². The Labute approximate surface area is 91.9 Å². The fourth-order valence-corrected chi connectivity index (χ4v) is 1.59. The van der Waals surface area contributed by atoms with E-state index in [2.05, 4.69) is 26.0 Å². The van der Waals surface area contributed by atoms with Gasteiger partial charge in [0.1, 0.15) is 5.60 Å². The zero-order valence-electron chi connectivity index (χ0n) is 9.95. The second kappa shape index (κ2) is 4.77. The van der Waals surface area contributed by atoms with Crippen LogP contribution in [0.2, 0.25) is 0 Å². The van der Waals surface area contributed by atoms with E-state index in [1.807, 2.05) is 12.1 Å². The zero-order chi connectivity index (χ0) is 11.5. The van der Waals surface area contributed by atoms with Crippen molar-refractivity contribution in [1.82, 2.24) is 0 Å². The van der Waals surface area contributed by atoms with Crippen LogP contribution in [0.4, 0.5) is 0 Å². The monoisotopic (exact) mass is 208 g/mol. The van der Waals surface area contributed by atoms with Gasteiger partial charge in [0, 0.05) is 7.11 Å². The minimum Gasteiger partial charge on any atom is -0.383 e. The summed E-state index contributed by atoms with van der Waals surface area (Å²) < 4.78 is 4.99. The van der Waals surface area contributed by atoms with Gasteiger partial charge in [-0.1, -0.05) is 38.1 Å². The summed E-state index contributed by atoms with van der Waals surface area (Å²) in [5.41, 5.74) is 1.28. The molecular formula is C13H20O2. The van der Waals surface area contributed by atoms with Crippen molar-refractivity contribution >= 4 is 0 Å². The van der Waals surface area contributed by atoms with Gasteiger partial charge in [0.2, 0.25) is 0 Å². The van der Waals surface area contributed by atoms with Crippen LogP contribution in [0.5, 0.6) is 0 Å². The van der Waals surface area contributed by atoms with Gasteiger partial charge in [-0.25, -0.2) is 0 Å². The molecule has 0 radical (unpaired) electrons. The van der Waals surface area contributed by atoms with Crippen LogP contribution < -0.4 is 0 Å². The summed E-state index contributed by atoms with van der Waals surface area (Å²) in [5.74, 6) is 0.520. The molecule has 1 atom stereocenters. The molecule has 0 saturated carbocycles. The van der Waals surface area contributed by atoms with Crippen LogP contribution in [-0.4, -0.2) is 18.8 Å². The Kier molecular flexibility index (Phi) is 3.89. The molecule has 0 aliphatic rings. The molecular weight excluding hydrogens is 188 g/mol. The SMILES string of the molecule is COCC(C)(O)c1ccc(C(C)C)cc1. The van der Waals surface area contributed by atoms with Gasteiger partial charge in [0.05, 0.1) is 6.61 Å². The highest BCUT2D eigenvalue weighted by atomic mass is 16.5. The lowest BCUT2D eigenvalue weighted by Gasteiger charge is -2.23. The fraction of sp³-hybridized carbons (Fsp3) is 0.538. The molecule has 84 valence electrons. The number of rotatable bonds is 4. The number of ether oxygens (including phenoxy) is 1. The van der Waals surface area contributed by atoms with E-state index in [9.17, 15) is 5.11 Å². The summed E-state index contributed by atoms with van der Waals surface area (Å²) in [6.07, 6.45) is 0. The van der Waals surface area contributed by atoms with Crippen molar-refractivity contribution in [2.75, 3.05) is 13.7 Å². The average molecular weight is 208 g/mol. The summed E-state index contributed by atoms with van der Waals surface area (Å²) in [6, 6.07) is 8.05. The first-order valence-electron chi connectivity index (χ1n) is 5.29. The zero-order valence-corrected chi connectivity index (χ0v) is 9.95. The van der Waals surface area contributed by atoms with Crippen molar-refractivity contribution in [3.05, 3.63) is 35.4 Å². The Bertz CT molecular complexity index is 299. The van der Waals surface area contributed by atoms with Gasteiger partial charge in [-0.3, -0.25) is 0 Å². The molecule has 0 fully saturated rings. The smallest absolute Gasteiger partial charge is 0.110 e. The largest absolute Gasteiger partial charge is 0.383 e. The molecule has 0 spiro atoms. The Balaban J connectivity index is 2.88. The Morgan fingerprint density at radius 1 is 1.27 bits per heavy atom. The van der Waals surface area contributed by atoms with Crippen LogP contribution in [0.15, 0.2) is 24.3 Å². The first-order valence-corrected chi connectivity index (χ1v) is 5.29.